The van der Waals surface area contributed by atoms with E-state index in [0.717, 1.165) is 84.2 Å². The summed E-state index contributed by atoms with van der Waals surface area (Å²) in [5, 5.41) is 4.10. The van der Waals surface area contributed by atoms with Crippen molar-refractivity contribution in [2.75, 3.05) is 44.6 Å². The number of carbonyl (C=O) groups excluding carboxylic acids is 1. The summed E-state index contributed by atoms with van der Waals surface area (Å²) in [6, 6.07) is 14.8. The number of carbonyl (C=O) groups is 1. The van der Waals surface area contributed by atoms with Crippen molar-refractivity contribution in [2.24, 2.45) is 0 Å². The molecule has 0 bridgehead atoms. The predicted molar refractivity (Wildman–Crippen MR) is 156 cm³/mol. The first-order valence-corrected chi connectivity index (χ1v) is 14.4. The van der Waals surface area contributed by atoms with Gasteiger partial charge in [0.2, 0.25) is 11.7 Å². The Morgan fingerprint density at radius 2 is 1.74 bits per heavy atom. The van der Waals surface area contributed by atoms with Gasteiger partial charge in [-0.3, -0.25) is 9.69 Å². The summed E-state index contributed by atoms with van der Waals surface area (Å²) in [5.41, 5.74) is 3.00. The summed E-state index contributed by atoms with van der Waals surface area (Å²) in [5.74, 6) is 1.64. The molecule has 4 heterocycles. The molecule has 5 rings (SSSR count). The summed E-state index contributed by atoms with van der Waals surface area (Å²) < 4.78 is 14.1. The first-order valence-electron chi connectivity index (χ1n) is 13.6. The molecule has 0 aliphatic carbocycles. The van der Waals surface area contributed by atoms with E-state index in [9.17, 15) is 9.18 Å². The fourth-order valence-corrected chi connectivity index (χ4v) is 6.10. The van der Waals surface area contributed by atoms with Gasteiger partial charge in [-0.2, -0.15) is 4.98 Å². The quantitative estimate of drug-likeness (QED) is 0.271. The Bertz CT molecular complexity index is 1430. The Hall–Kier alpha value is -3.47. The normalized spacial score (nSPS) is 14.6. The van der Waals surface area contributed by atoms with Gasteiger partial charge in [-0.05, 0) is 49.7 Å². The number of hydrogen-bond donors (Lipinski definition) is 1. The zero-order chi connectivity index (χ0) is 27.4. The number of benzene rings is 1. The highest BCUT2D eigenvalue weighted by atomic mass is 32.1. The van der Waals surface area contributed by atoms with Gasteiger partial charge in [-0.15, -0.1) is 0 Å². The monoisotopic (exact) mass is 548 g/mol. The minimum absolute atomic E-state index is 0.229. The van der Waals surface area contributed by atoms with Crippen LogP contribution in [0.25, 0.3) is 10.3 Å². The fraction of sp³-hybridized carbons (Fsp3) is 0.379. The smallest absolute Gasteiger partial charge is 0.234 e. The lowest BCUT2D eigenvalue weighted by Gasteiger charge is -2.34. The number of aromatic nitrogens is 3. The van der Waals surface area contributed by atoms with Crippen LogP contribution in [-0.4, -0.2) is 69.9 Å². The zero-order valence-electron chi connectivity index (χ0n) is 22.7. The van der Waals surface area contributed by atoms with Crippen LogP contribution in [0.3, 0.4) is 0 Å². The molecule has 0 atom stereocenters. The summed E-state index contributed by atoms with van der Waals surface area (Å²) >= 11 is 1.50. The van der Waals surface area contributed by atoms with Crippen molar-refractivity contribution in [3.05, 3.63) is 66.1 Å². The Morgan fingerprint density at radius 1 is 1.00 bits per heavy atom. The van der Waals surface area contributed by atoms with Gasteiger partial charge >= 0.3 is 0 Å². The number of piperazine rings is 1. The highest BCUT2D eigenvalue weighted by Gasteiger charge is 2.32. The number of fused-ring (bicyclic) bond motifs is 1. The second kappa shape index (κ2) is 11.7. The number of nitrogens with one attached hydrogen (secondary N) is 1. The van der Waals surface area contributed by atoms with E-state index in [4.69, 9.17) is 9.97 Å². The summed E-state index contributed by atoms with van der Waals surface area (Å²) in [4.78, 5) is 31.4. The minimum Gasteiger partial charge on any atom is -0.340 e. The fourth-order valence-electron chi connectivity index (χ4n) is 5.26. The maximum Gasteiger partial charge on any atom is 0.234 e. The largest absolute Gasteiger partial charge is 0.340 e. The van der Waals surface area contributed by atoms with Gasteiger partial charge in [-0.1, -0.05) is 18.3 Å². The third kappa shape index (κ3) is 5.78. The van der Waals surface area contributed by atoms with Crippen molar-refractivity contribution in [1.82, 2.24) is 29.2 Å². The number of nitrogens with zero attached hydrogens (tertiary/aromatic N) is 6. The molecule has 1 saturated heterocycles. The van der Waals surface area contributed by atoms with Crippen molar-refractivity contribution < 1.29 is 9.18 Å². The van der Waals surface area contributed by atoms with Gasteiger partial charge in [-0.25, -0.2) is 18.8 Å². The van der Waals surface area contributed by atoms with E-state index in [1.807, 2.05) is 48.4 Å². The molecule has 10 heteroatoms. The van der Waals surface area contributed by atoms with Crippen LogP contribution in [0.15, 0.2) is 54.7 Å². The van der Waals surface area contributed by atoms with E-state index < -0.39 is 0 Å². The first-order chi connectivity index (χ1) is 18.9. The summed E-state index contributed by atoms with van der Waals surface area (Å²) in [7, 11) is 0. The van der Waals surface area contributed by atoms with Crippen molar-refractivity contribution in [3.63, 3.8) is 0 Å². The molecule has 0 saturated carbocycles. The Morgan fingerprint density at radius 3 is 2.44 bits per heavy atom. The standard InChI is InChI=1S/C29H35FN7OS/c1-4-27(38)36-17-15-35(16-18-36)20-21-13-14-31-25(19-21)33-29-32-24-11-12-26(34-28(24)39-29)37(5-2,6-3)23-9-7-22(30)8-10-23/h7-14,19H,4-6,15-18,20H2,1-3H3,(H,31,32,33)/q+1. The van der Waals surface area contributed by atoms with Crippen LogP contribution in [-0.2, 0) is 11.3 Å². The van der Waals surface area contributed by atoms with Gasteiger partial charge < -0.3 is 10.2 Å². The lowest BCUT2D eigenvalue weighted by Crippen LogP contribution is -2.48. The topological polar surface area (TPSA) is 74.2 Å². The molecule has 204 valence electrons. The van der Waals surface area contributed by atoms with Gasteiger partial charge in [0.1, 0.15) is 22.8 Å². The van der Waals surface area contributed by atoms with Crippen LogP contribution < -0.4 is 9.80 Å². The lowest BCUT2D eigenvalue weighted by atomic mass is 10.2. The van der Waals surface area contributed by atoms with E-state index in [2.05, 4.69) is 35.1 Å². The molecular weight excluding hydrogens is 513 g/mol. The van der Waals surface area contributed by atoms with Crippen LogP contribution >= 0.6 is 11.3 Å². The van der Waals surface area contributed by atoms with Gasteiger partial charge in [0, 0.05) is 63.5 Å². The molecule has 0 unspecified atom stereocenters. The van der Waals surface area contributed by atoms with E-state index in [1.54, 1.807) is 0 Å². The summed E-state index contributed by atoms with van der Waals surface area (Å²) in [6.45, 7) is 11.9. The molecule has 0 radical (unpaired) electrons. The highest BCUT2D eigenvalue weighted by Crippen LogP contribution is 2.36. The van der Waals surface area contributed by atoms with Gasteiger partial charge in [0.05, 0.1) is 13.1 Å². The van der Waals surface area contributed by atoms with Crippen molar-refractivity contribution >= 4 is 50.0 Å². The second-order valence-electron chi connectivity index (χ2n) is 9.77. The number of anilines is 2. The molecule has 1 N–H and O–H groups in total. The van der Waals surface area contributed by atoms with Crippen LogP contribution in [0.1, 0.15) is 32.8 Å². The number of amides is 1. The van der Waals surface area contributed by atoms with Crippen molar-refractivity contribution in [3.8, 4) is 0 Å². The Kier molecular flexibility index (Phi) is 8.15. The highest BCUT2D eigenvalue weighted by molar-refractivity contribution is 7.21. The minimum atomic E-state index is -0.241. The maximum atomic E-state index is 13.6. The van der Waals surface area contributed by atoms with Crippen molar-refractivity contribution in [2.45, 2.75) is 33.7 Å². The number of hydrogen-bond acceptors (Lipinski definition) is 7. The van der Waals surface area contributed by atoms with E-state index >= 15 is 0 Å². The van der Waals surface area contributed by atoms with Crippen LogP contribution in [0.5, 0.6) is 0 Å². The molecule has 0 spiro atoms. The number of pyridine rings is 2. The van der Waals surface area contributed by atoms with Crippen LogP contribution in [0.4, 0.5) is 26.8 Å². The molecule has 1 aliphatic heterocycles. The Balaban J connectivity index is 1.31. The molecule has 3 aromatic heterocycles. The SMILES string of the molecule is CCC(=O)N1CCN(Cc2ccnc(Nc3nc4ccc([N+](CC)(CC)c5ccc(F)cc5)nc4s3)c2)CC1. The molecule has 1 aromatic carbocycles. The maximum absolute atomic E-state index is 13.6. The Labute approximate surface area is 232 Å². The average molecular weight is 549 g/mol. The molecular formula is C29H35FN7OS+. The number of thiazole rings is 1. The predicted octanol–water partition coefficient (Wildman–Crippen LogP) is 5.70. The van der Waals surface area contributed by atoms with Crippen LogP contribution in [0, 0.1) is 5.82 Å². The van der Waals surface area contributed by atoms with E-state index in [0.29, 0.717) is 10.9 Å². The van der Waals surface area contributed by atoms with E-state index in [-0.39, 0.29) is 11.7 Å². The van der Waals surface area contributed by atoms with Crippen LogP contribution in [0.2, 0.25) is 0 Å². The zero-order valence-corrected chi connectivity index (χ0v) is 23.5. The molecule has 1 fully saturated rings. The summed E-state index contributed by atoms with van der Waals surface area (Å²) in [6.07, 6.45) is 2.38. The second-order valence-corrected chi connectivity index (χ2v) is 10.8. The van der Waals surface area contributed by atoms with Crippen molar-refractivity contribution in [1.29, 1.82) is 0 Å². The third-order valence-corrected chi connectivity index (χ3v) is 8.45. The van der Waals surface area contributed by atoms with Gasteiger partial charge in [0.25, 0.3) is 0 Å². The average Bonchev–Trinajstić information content (AvgIpc) is 3.36. The first kappa shape index (κ1) is 27.1. The lowest BCUT2D eigenvalue weighted by molar-refractivity contribution is -0.132. The molecule has 39 heavy (non-hydrogen) atoms. The third-order valence-electron chi connectivity index (χ3n) is 7.57. The molecule has 8 nitrogen and oxygen atoms in total. The molecule has 1 amide bonds. The number of halogens is 1. The molecule has 1 aliphatic rings. The number of rotatable bonds is 9. The molecule has 4 aromatic rings. The van der Waals surface area contributed by atoms with Gasteiger partial charge in [0.15, 0.2) is 9.96 Å². The van der Waals surface area contributed by atoms with E-state index in [1.165, 1.54) is 23.5 Å². The number of quaternary nitrogens is 1.